The van der Waals surface area contributed by atoms with E-state index >= 15 is 0 Å². The van der Waals surface area contributed by atoms with Gasteiger partial charge in [-0.2, -0.15) is 0 Å². The molecule has 12 rings (SSSR count). The van der Waals surface area contributed by atoms with Crippen molar-refractivity contribution >= 4 is 71.5 Å². The van der Waals surface area contributed by atoms with Crippen LogP contribution in [0.15, 0.2) is 185 Å². The van der Waals surface area contributed by atoms with E-state index in [1.165, 1.54) is 71.6 Å². The Hall–Kier alpha value is -7.16. The molecule has 2 nitrogen and oxygen atoms in total. The minimum absolute atomic E-state index is 0.789. The molecule has 1 aliphatic rings. The maximum atomic E-state index is 7.00. The van der Waals surface area contributed by atoms with E-state index in [9.17, 15) is 0 Å². The van der Waals surface area contributed by atoms with E-state index in [4.69, 9.17) is 8.83 Å². The third kappa shape index (κ3) is 4.63. The number of furan rings is 2. The third-order valence-corrected chi connectivity index (χ3v) is 11.9. The summed E-state index contributed by atoms with van der Waals surface area (Å²) in [6, 6.07) is 61.3. The van der Waals surface area contributed by atoms with E-state index in [0.29, 0.717) is 0 Å². The Morgan fingerprint density at radius 3 is 1.57 bits per heavy atom. The van der Waals surface area contributed by atoms with E-state index in [0.717, 1.165) is 62.3 Å². The van der Waals surface area contributed by atoms with Gasteiger partial charge in [0.15, 0.2) is 11.2 Å². The molecule has 0 saturated carbocycles. The number of hydrogen-bond donors (Lipinski definition) is 0. The molecule has 0 aliphatic heterocycles. The van der Waals surface area contributed by atoms with Crippen LogP contribution in [-0.2, 0) is 6.42 Å². The Morgan fingerprint density at radius 1 is 0.393 bits per heavy atom. The second-order valence-electron chi connectivity index (χ2n) is 15.0. The standard InChI is InChI=1S/C54H34O2/c1-3-13-33(14-4-1)41-27-23-35-17-7-9-19-39(35)49(41)37-25-29-45-47(31-37)55-53-51(45)43-21-11-12-22-44(43)52-46-30-26-38(32-48(46)56-54(52)53)50-40-20-10-8-18-36(40)24-28-42(50)34-15-5-2-6-16-34/h1-9,11-19,21-32H,10,20H2. The van der Waals surface area contributed by atoms with Crippen LogP contribution in [0, 0.1) is 0 Å². The van der Waals surface area contributed by atoms with E-state index in [2.05, 4.69) is 182 Å². The Labute approximate surface area is 323 Å². The van der Waals surface area contributed by atoms with Crippen molar-refractivity contribution in [2.24, 2.45) is 0 Å². The maximum absolute atomic E-state index is 7.00. The van der Waals surface area contributed by atoms with Gasteiger partial charge in [0, 0.05) is 21.5 Å². The zero-order valence-corrected chi connectivity index (χ0v) is 30.6. The highest BCUT2D eigenvalue weighted by Gasteiger charge is 2.24. The van der Waals surface area contributed by atoms with Crippen LogP contribution < -0.4 is 0 Å². The monoisotopic (exact) mass is 714 g/mol. The van der Waals surface area contributed by atoms with Gasteiger partial charge >= 0.3 is 0 Å². The van der Waals surface area contributed by atoms with E-state index in [-0.39, 0.29) is 0 Å². The molecule has 0 radical (unpaired) electrons. The molecule has 0 spiro atoms. The van der Waals surface area contributed by atoms with Crippen molar-refractivity contribution < 1.29 is 8.83 Å². The largest absolute Gasteiger partial charge is 0.452 e. The molecule has 0 saturated heterocycles. The van der Waals surface area contributed by atoms with E-state index < -0.39 is 0 Å². The molecule has 9 aromatic carbocycles. The van der Waals surface area contributed by atoms with Crippen LogP contribution >= 0.6 is 0 Å². The summed E-state index contributed by atoms with van der Waals surface area (Å²) >= 11 is 0. The average molecular weight is 715 g/mol. The molecule has 11 aromatic rings. The Morgan fingerprint density at radius 2 is 0.929 bits per heavy atom. The van der Waals surface area contributed by atoms with Gasteiger partial charge in [-0.25, -0.2) is 0 Å². The summed E-state index contributed by atoms with van der Waals surface area (Å²) in [6.07, 6.45) is 6.61. The summed E-state index contributed by atoms with van der Waals surface area (Å²) in [6.45, 7) is 0. The Bertz CT molecular complexity index is 3400. The molecule has 0 fully saturated rings. The topological polar surface area (TPSA) is 26.3 Å². The number of hydrogen-bond acceptors (Lipinski definition) is 2. The third-order valence-electron chi connectivity index (χ3n) is 11.9. The van der Waals surface area contributed by atoms with Crippen molar-refractivity contribution in [3.05, 3.63) is 187 Å². The molecule has 0 unspecified atom stereocenters. The minimum Gasteiger partial charge on any atom is -0.452 e. The van der Waals surface area contributed by atoms with Gasteiger partial charge in [-0.15, -0.1) is 0 Å². The SMILES string of the molecule is C1=Cc2ccc(-c3ccccc3)c(-c3ccc4c(c3)oc3c5oc6cc(-c7c(-c8ccccc8)ccc8ccccc78)ccc6c5c5ccccc5c43)c2CC1. The first-order chi connectivity index (χ1) is 27.8. The first-order valence-corrected chi connectivity index (χ1v) is 19.5. The average Bonchev–Trinajstić information content (AvgIpc) is 3.85. The fourth-order valence-corrected chi connectivity index (χ4v) is 9.43. The van der Waals surface area contributed by atoms with Crippen molar-refractivity contribution in [1.29, 1.82) is 0 Å². The second-order valence-corrected chi connectivity index (χ2v) is 15.0. The van der Waals surface area contributed by atoms with Gasteiger partial charge in [0.05, 0.1) is 0 Å². The van der Waals surface area contributed by atoms with Crippen molar-refractivity contribution in [2.75, 3.05) is 0 Å². The first kappa shape index (κ1) is 31.2. The van der Waals surface area contributed by atoms with Crippen molar-refractivity contribution in [3.63, 3.8) is 0 Å². The summed E-state index contributed by atoms with van der Waals surface area (Å²) in [7, 11) is 0. The number of benzene rings is 9. The smallest absolute Gasteiger partial charge is 0.179 e. The molecule has 262 valence electrons. The lowest BCUT2D eigenvalue weighted by Crippen LogP contribution is -2.00. The molecular formula is C54H34O2. The summed E-state index contributed by atoms with van der Waals surface area (Å²) in [5, 5.41) is 9.12. The van der Waals surface area contributed by atoms with Crippen LogP contribution in [0.4, 0.5) is 0 Å². The molecule has 2 heteroatoms. The lowest BCUT2D eigenvalue weighted by molar-refractivity contribution is 0.634. The highest BCUT2D eigenvalue weighted by Crippen LogP contribution is 2.48. The van der Waals surface area contributed by atoms with Crippen LogP contribution in [0.25, 0.3) is 116 Å². The predicted molar refractivity (Wildman–Crippen MR) is 235 cm³/mol. The summed E-state index contributed by atoms with van der Waals surface area (Å²) in [4.78, 5) is 0. The molecule has 0 bridgehead atoms. The second kappa shape index (κ2) is 12.2. The van der Waals surface area contributed by atoms with Crippen molar-refractivity contribution in [1.82, 2.24) is 0 Å². The van der Waals surface area contributed by atoms with Crippen LogP contribution in [-0.4, -0.2) is 0 Å². The molecule has 0 atom stereocenters. The number of allylic oxidation sites excluding steroid dienone is 1. The van der Waals surface area contributed by atoms with Gasteiger partial charge in [-0.05, 0) is 114 Å². The fraction of sp³-hybridized carbons (Fsp3) is 0.0370. The molecule has 1 aliphatic carbocycles. The Kier molecular flexibility index (Phi) is 6.79. The zero-order valence-electron chi connectivity index (χ0n) is 30.6. The van der Waals surface area contributed by atoms with Crippen LogP contribution in [0.5, 0.6) is 0 Å². The first-order valence-electron chi connectivity index (χ1n) is 19.5. The van der Waals surface area contributed by atoms with E-state index in [1.54, 1.807) is 0 Å². The van der Waals surface area contributed by atoms with Crippen LogP contribution in [0.2, 0.25) is 0 Å². The van der Waals surface area contributed by atoms with Crippen LogP contribution in [0.3, 0.4) is 0 Å². The van der Waals surface area contributed by atoms with Gasteiger partial charge in [0.2, 0.25) is 0 Å². The number of rotatable bonds is 4. The Balaban J connectivity index is 1.11. The molecule has 0 amide bonds. The summed E-state index contributed by atoms with van der Waals surface area (Å²) < 4.78 is 14.0. The zero-order chi connectivity index (χ0) is 36.7. The predicted octanol–water partition coefficient (Wildman–Crippen LogP) is 15.4. The van der Waals surface area contributed by atoms with E-state index in [1.807, 2.05) is 0 Å². The quantitative estimate of drug-likeness (QED) is 0.181. The molecule has 0 N–H and O–H groups in total. The van der Waals surface area contributed by atoms with Gasteiger partial charge in [0.1, 0.15) is 11.2 Å². The molecule has 2 heterocycles. The van der Waals surface area contributed by atoms with Gasteiger partial charge in [0.25, 0.3) is 0 Å². The van der Waals surface area contributed by atoms with Gasteiger partial charge in [-0.3, -0.25) is 0 Å². The molecule has 2 aromatic heterocycles. The fourth-order valence-electron chi connectivity index (χ4n) is 9.43. The van der Waals surface area contributed by atoms with Crippen LogP contribution in [0.1, 0.15) is 17.5 Å². The van der Waals surface area contributed by atoms with Crippen molar-refractivity contribution in [3.8, 4) is 44.5 Å². The van der Waals surface area contributed by atoms with Gasteiger partial charge in [-0.1, -0.05) is 158 Å². The lowest BCUT2D eigenvalue weighted by Gasteiger charge is -2.20. The van der Waals surface area contributed by atoms with Crippen molar-refractivity contribution in [2.45, 2.75) is 12.8 Å². The maximum Gasteiger partial charge on any atom is 0.179 e. The highest BCUT2D eigenvalue weighted by molar-refractivity contribution is 6.33. The normalized spacial score (nSPS) is 12.8. The molecule has 56 heavy (non-hydrogen) atoms. The van der Waals surface area contributed by atoms with Gasteiger partial charge < -0.3 is 8.83 Å². The number of fused-ring (bicyclic) bond motifs is 12. The lowest BCUT2D eigenvalue weighted by atomic mass is 9.84. The summed E-state index contributed by atoms with van der Waals surface area (Å²) in [5.41, 5.74) is 15.6. The summed E-state index contributed by atoms with van der Waals surface area (Å²) in [5.74, 6) is 0. The molecular weight excluding hydrogens is 681 g/mol. The minimum atomic E-state index is 0.789. The highest BCUT2D eigenvalue weighted by atomic mass is 16.4.